The maximum absolute atomic E-state index is 6.43. The molecule has 0 aromatic heterocycles. The molecule has 0 saturated carbocycles. The Labute approximate surface area is 352 Å². The maximum atomic E-state index is 6.43. The second-order valence-electron chi connectivity index (χ2n) is 12.9. The summed E-state index contributed by atoms with van der Waals surface area (Å²) in [6.45, 7) is 17.1. The Morgan fingerprint density at radius 1 is 0.618 bits per heavy atom. The van der Waals surface area contributed by atoms with Gasteiger partial charge in [0.25, 0.3) is 0 Å². The minimum absolute atomic E-state index is 0.0811. The molecule has 0 saturated heterocycles. The zero-order valence-electron chi connectivity index (χ0n) is 31.0. The third kappa shape index (κ3) is 11.0. The van der Waals surface area contributed by atoms with E-state index >= 15 is 0 Å². The van der Waals surface area contributed by atoms with Gasteiger partial charge in [0.15, 0.2) is 0 Å². The highest BCUT2D eigenvalue weighted by Gasteiger charge is 2.30. The summed E-state index contributed by atoms with van der Waals surface area (Å²) in [5.41, 5.74) is 8.50. The molecule has 0 aliphatic rings. The normalized spacial score (nSPS) is 11.0. The van der Waals surface area contributed by atoms with E-state index in [0.717, 1.165) is 68.7 Å². The van der Waals surface area contributed by atoms with Gasteiger partial charge < -0.3 is 23.7 Å². The summed E-state index contributed by atoms with van der Waals surface area (Å²) in [4.78, 5) is 0. The van der Waals surface area contributed by atoms with Crippen LogP contribution in [0.4, 0.5) is 0 Å². The fraction of sp³-hybridized carbons (Fsp3) is 0.167. The van der Waals surface area contributed by atoms with Crippen molar-refractivity contribution in [1.29, 1.82) is 0 Å². The van der Waals surface area contributed by atoms with Crippen LogP contribution in [0.5, 0.6) is 28.7 Å². The van der Waals surface area contributed by atoms with Gasteiger partial charge in [0.1, 0.15) is 61.8 Å². The van der Waals surface area contributed by atoms with Gasteiger partial charge in [-0.05, 0) is 153 Å². The summed E-state index contributed by atoms with van der Waals surface area (Å²) >= 11 is 4.65. The first kappa shape index (κ1) is 41.1. The second kappa shape index (κ2) is 20.0. The Balaban J connectivity index is 1.78. The largest absolute Gasteiger partial charge is 0.489 e. The molecule has 278 valence electrons. The van der Waals surface area contributed by atoms with Crippen LogP contribution in [0.1, 0.15) is 36.5 Å². The van der Waals surface area contributed by atoms with Crippen molar-refractivity contribution in [3.8, 4) is 75.7 Å². The fourth-order valence-corrected chi connectivity index (χ4v) is 7.95. The van der Waals surface area contributed by atoms with Crippen molar-refractivity contribution in [2.75, 3.05) is 33.0 Å². The van der Waals surface area contributed by atoms with E-state index in [4.69, 9.17) is 36.5 Å². The van der Waals surface area contributed by atoms with E-state index in [1.54, 1.807) is 6.08 Å². The zero-order valence-corrected chi connectivity index (χ0v) is 35.3. The van der Waals surface area contributed by atoms with Crippen molar-refractivity contribution < 1.29 is 23.7 Å². The van der Waals surface area contributed by atoms with Crippen LogP contribution < -0.4 is 23.7 Å². The SMILES string of the molecule is C#CCOc1ccc(-c2ccc(OCC(=C)C)cc2)cc1C(c1cc(-c2ccc(OCC(=C)C)cc2)ccc1OCC=C)c1cc(I)cc(I)c1OCC#C. The van der Waals surface area contributed by atoms with Crippen molar-refractivity contribution in [1.82, 2.24) is 0 Å². The van der Waals surface area contributed by atoms with Gasteiger partial charge in [-0.1, -0.05) is 74.1 Å². The number of benzene rings is 5. The lowest BCUT2D eigenvalue weighted by molar-refractivity contribution is 0.351. The molecule has 0 bridgehead atoms. The first-order valence-electron chi connectivity index (χ1n) is 17.5. The third-order valence-corrected chi connectivity index (χ3v) is 9.73. The number of terminal acetylenes is 2. The van der Waals surface area contributed by atoms with Crippen molar-refractivity contribution in [2.24, 2.45) is 0 Å². The van der Waals surface area contributed by atoms with Gasteiger partial charge in [-0.15, -0.1) is 12.8 Å². The van der Waals surface area contributed by atoms with E-state index in [2.05, 4.69) is 107 Å². The molecule has 5 aromatic carbocycles. The van der Waals surface area contributed by atoms with Gasteiger partial charge in [0.05, 0.1) is 3.57 Å². The summed E-state index contributed by atoms with van der Waals surface area (Å²) in [6.07, 6.45) is 13.2. The number of hydrogen-bond donors (Lipinski definition) is 0. The molecule has 0 aliphatic heterocycles. The van der Waals surface area contributed by atoms with Crippen molar-refractivity contribution in [3.63, 3.8) is 0 Å². The molecule has 5 rings (SSSR count). The second-order valence-corrected chi connectivity index (χ2v) is 15.3. The van der Waals surface area contributed by atoms with Gasteiger partial charge in [0, 0.05) is 26.2 Å². The summed E-state index contributed by atoms with van der Waals surface area (Å²) in [7, 11) is 0. The van der Waals surface area contributed by atoms with E-state index in [0.29, 0.717) is 37.1 Å². The Morgan fingerprint density at radius 3 is 1.56 bits per heavy atom. The van der Waals surface area contributed by atoms with E-state index < -0.39 is 5.92 Å². The highest BCUT2D eigenvalue weighted by molar-refractivity contribution is 14.1. The lowest BCUT2D eigenvalue weighted by atomic mass is 9.81. The predicted octanol–water partition coefficient (Wildman–Crippen LogP) is 11.9. The molecule has 0 aliphatic carbocycles. The van der Waals surface area contributed by atoms with Crippen LogP contribution in [0.15, 0.2) is 134 Å². The van der Waals surface area contributed by atoms with Crippen LogP contribution in [-0.4, -0.2) is 33.0 Å². The number of halogens is 2. The number of ether oxygens (including phenoxy) is 5. The average molecular weight is 953 g/mol. The molecule has 5 nitrogen and oxygen atoms in total. The molecule has 0 N–H and O–H groups in total. The van der Waals surface area contributed by atoms with E-state index in [1.165, 1.54) is 0 Å². The topological polar surface area (TPSA) is 46.2 Å². The van der Waals surface area contributed by atoms with E-state index in [-0.39, 0.29) is 13.2 Å². The maximum Gasteiger partial charge on any atom is 0.148 e. The van der Waals surface area contributed by atoms with Crippen LogP contribution in [-0.2, 0) is 0 Å². The van der Waals surface area contributed by atoms with Crippen LogP contribution in [0, 0.1) is 31.8 Å². The van der Waals surface area contributed by atoms with Gasteiger partial charge in [-0.3, -0.25) is 0 Å². The molecule has 1 atom stereocenters. The molecule has 7 heteroatoms. The molecule has 1 unspecified atom stereocenters. The summed E-state index contributed by atoms with van der Waals surface area (Å²) < 4.78 is 32.8. The highest BCUT2D eigenvalue weighted by Crippen LogP contribution is 2.48. The minimum atomic E-state index is -0.472. The van der Waals surface area contributed by atoms with Gasteiger partial charge in [-0.2, -0.15) is 0 Å². The van der Waals surface area contributed by atoms with Crippen LogP contribution >= 0.6 is 45.2 Å². The first-order valence-corrected chi connectivity index (χ1v) is 19.7. The Bertz CT molecular complexity index is 2240. The minimum Gasteiger partial charge on any atom is -0.489 e. The van der Waals surface area contributed by atoms with Crippen molar-refractivity contribution >= 4 is 45.2 Å². The molecular weight excluding hydrogens is 910 g/mol. The third-order valence-electron chi connectivity index (χ3n) is 8.30. The average Bonchev–Trinajstić information content (AvgIpc) is 3.18. The molecule has 55 heavy (non-hydrogen) atoms. The Kier molecular flexibility index (Phi) is 14.9. The van der Waals surface area contributed by atoms with Crippen molar-refractivity contribution in [2.45, 2.75) is 19.8 Å². The molecule has 0 heterocycles. The first-order chi connectivity index (χ1) is 26.6. The number of hydrogen-bond acceptors (Lipinski definition) is 5. The van der Waals surface area contributed by atoms with Gasteiger partial charge >= 0.3 is 0 Å². The molecule has 0 radical (unpaired) electrons. The fourth-order valence-electron chi connectivity index (χ4n) is 5.90. The van der Waals surface area contributed by atoms with Crippen LogP contribution in [0.2, 0.25) is 0 Å². The zero-order chi connectivity index (χ0) is 39.3. The molecule has 0 spiro atoms. The summed E-state index contributed by atoms with van der Waals surface area (Å²) in [5, 5.41) is 0. The quantitative estimate of drug-likeness (QED) is 0.0379. The van der Waals surface area contributed by atoms with Gasteiger partial charge in [-0.25, -0.2) is 0 Å². The Hall–Kier alpha value is -5.10. The van der Waals surface area contributed by atoms with Crippen LogP contribution in [0.25, 0.3) is 22.3 Å². The lowest BCUT2D eigenvalue weighted by Gasteiger charge is -2.27. The lowest BCUT2D eigenvalue weighted by Crippen LogP contribution is -2.13. The highest BCUT2D eigenvalue weighted by atomic mass is 127. The van der Waals surface area contributed by atoms with E-state index in [9.17, 15) is 0 Å². The van der Waals surface area contributed by atoms with Crippen LogP contribution in [0.3, 0.4) is 0 Å². The predicted molar refractivity (Wildman–Crippen MR) is 242 cm³/mol. The number of rotatable bonds is 18. The van der Waals surface area contributed by atoms with E-state index in [1.807, 2.05) is 80.6 Å². The van der Waals surface area contributed by atoms with Gasteiger partial charge in [0.2, 0.25) is 0 Å². The van der Waals surface area contributed by atoms with Crippen molar-refractivity contribution in [3.05, 3.63) is 158 Å². The monoisotopic (exact) mass is 952 g/mol. The molecule has 5 aromatic rings. The molecular formula is C48H42I2O5. The molecule has 0 fully saturated rings. The smallest absolute Gasteiger partial charge is 0.148 e. The Morgan fingerprint density at radius 2 is 1.09 bits per heavy atom. The molecule has 0 amide bonds. The standard InChI is InChI=1S/C48H42I2O5/c1-8-23-51-45-21-15-36(34-11-17-39(18-12-34)54-30-32(4)5)26-41(45)47(43-28-38(49)29-44(50)48(43)53-25-10-3)42-27-37(16-22-46(42)52-24-9-2)35-13-19-40(20-14-35)55-31-33(6)7/h1,3,9,11-22,26-29,47H,2,4,6,23-25,30-31H2,5,7H3. The summed E-state index contributed by atoms with van der Waals surface area (Å²) in [6, 6.07) is 32.6. The summed E-state index contributed by atoms with van der Waals surface area (Å²) in [5.74, 6) is 8.32.